The van der Waals surface area contributed by atoms with Crippen LogP contribution in [0.25, 0.3) is 0 Å². The van der Waals surface area contributed by atoms with Gasteiger partial charge in [0.25, 0.3) is 5.91 Å². The number of nitrogens with two attached hydrogens (primary N) is 1. The number of nitrogens with zero attached hydrogens (tertiary/aromatic N) is 1. The number of hydrazone groups is 1. The summed E-state index contributed by atoms with van der Waals surface area (Å²) in [5.41, 5.74) is 13.4. The number of nitrogen functional groups attached to an aromatic ring is 1. The maximum atomic E-state index is 12.0. The molecular weight excluding hydrogens is 262 g/mol. The molecular formula is C17H19N3O. The van der Waals surface area contributed by atoms with E-state index in [1.165, 1.54) is 0 Å². The van der Waals surface area contributed by atoms with Gasteiger partial charge < -0.3 is 5.73 Å². The minimum Gasteiger partial charge on any atom is -0.399 e. The van der Waals surface area contributed by atoms with Crippen LogP contribution in [0.2, 0.25) is 0 Å². The molecule has 0 aliphatic heterocycles. The van der Waals surface area contributed by atoms with Crippen molar-refractivity contribution in [2.45, 2.75) is 20.8 Å². The van der Waals surface area contributed by atoms with E-state index >= 15 is 0 Å². The minimum atomic E-state index is -0.250. The third-order valence-corrected chi connectivity index (χ3v) is 3.28. The van der Waals surface area contributed by atoms with E-state index < -0.39 is 0 Å². The molecule has 108 valence electrons. The van der Waals surface area contributed by atoms with E-state index in [1.807, 2.05) is 26.8 Å². The molecule has 0 aliphatic rings. The van der Waals surface area contributed by atoms with Gasteiger partial charge in [-0.05, 0) is 56.7 Å². The first-order valence-corrected chi connectivity index (χ1v) is 6.75. The number of anilines is 1. The van der Waals surface area contributed by atoms with Crippen LogP contribution in [0.3, 0.4) is 0 Å². The molecule has 21 heavy (non-hydrogen) atoms. The van der Waals surface area contributed by atoms with Gasteiger partial charge in [-0.1, -0.05) is 17.7 Å². The van der Waals surface area contributed by atoms with E-state index in [-0.39, 0.29) is 5.91 Å². The summed E-state index contributed by atoms with van der Waals surface area (Å²) < 4.78 is 0. The molecule has 0 aliphatic carbocycles. The van der Waals surface area contributed by atoms with E-state index in [9.17, 15) is 4.79 Å². The fourth-order valence-electron chi connectivity index (χ4n) is 2.02. The molecule has 2 aromatic rings. The molecule has 1 amide bonds. The van der Waals surface area contributed by atoms with Crippen LogP contribution in [-0.2, 0) is 0 Å². The lowest BCUT2D eigenvalue weighted by Gasteiger charge is -2.07. The highest BCUT2D eigenvalue weighted by Crippen LogP contribution is 2.12. The molecule has 0 saturated carbocycles. The molecule has 0 spiro atoms. The van der Waals surface area contributed by atoms with E-state index in [1.54, 1.807) is 24.3 Å². The van der Waals surface area contributed by atoms with Crippen molar-refractivity contribution >= 4 is 17.3 Å². The van der Waals surface area contributed by atoms with Gasteiger partial charge in [0.2, 0.25) is 0 Å². The Morgan fingerprint density at radius 1 is 1.10 bits per heavy atom. The Hall–Kier alpha value is -2.62. The van der Waals surface area contributed by atoms with Gasteiger partial charge in [0.15, 0.2) is 0 Å². The van der Waals surface area contributed by atoms with Crippen LogP contribution in [0.5, 0.6) is 0 Å². The molecule has 0 saturated heterocycles. The number of nitrogens with one attached hydrogen (secondary N) is 1. The lowest BCUT2D eigenvalue weighted by atomic mass is 10.0. The summed E-state index contributed by atoms with van der Waals surface area (Å²) >= 11 is 0. The minimum absolute atomic E-state index is 0.250. The number of rotatable bonds is 3. The number of carbonyl (C=O) groups excluding carboxylic acids is 1. The van der Waals surface area contributed by atoms with Crippen LogP contribution in [0.1, 0.15) is 34.0 Å². The molecule has 4 nitrogen and oxygen atoms in total. The van der Waals surface area contributed by atoms with Gasteiger partial charge in [0, 0.05) is 16.8 Å². The van der Waals surface area contributed by atoms with Crippen molar-refractivity contribution in [3.8, 4) is 0 Å². The average Bonchev–Trinajstić information content (AvgIpc) is 2.47. The number of amides is 1. The summed E-state index contributed by atoms with van der Waals surface area (Å²) in [4.78, 5) is 12.0. The molecule has 0 atom stereocenters. The highest BCUT2D eigenvalue weighted by Gasteiger charge is 2.06. The predicted octanol–water partition coefficient (Wildman–Crippen LogP) is 3.04. The number of hydrogen-bond acceptors (Lipinski definition) is 3. The maximum Gasteiger partial charge on any atom is 0.271 e. The zero-order valence-electron chi connectivity index (χ0n) is 12.5. The van der Waals surface area contributed by atoms with Crippen LogP contribution in [0, 0.1) is 13.8 Å². The topological polar surface area (TPSA) is 67.5 Å². The van der Waals surface area contributed by atoms with Crippen molar-refractivity contribution < 1.29 is 4.79 Å². The molecule has 0 aromatic heterocycles. The Morgan fingerprint density at radius 2 is 1.76 bits per heavy atom. The van der Waals surface area contributed by atoms with Crippen LogP contribution in [-0.4, -0.2) is 11.6 Å². The average molecular weight is 281 g/mol. The van der Waals surface area contributed by atoms with E-state index in [4.69, 9.17) is 5.73 Å². The van der Waals surface area contributed by atoms with Gasteiger partial charge in [-0.2, -0.15) is 5.10 Å². The van der Waals surface area contributed by atoms with Crippen molar-refractivity contribution in [1.82, 2.24) is 5.43 Å². The van der Waals surface area contributed by atoms with Crippen LogP contribution < -0.4 is 11.2 Å². The fraction of sp³-hybridized carbons (Fsp3) is 0.176. The quantitative estimate of drug-likeness (QED) is 0.516. The summed E-state index contributed by atoms with van der Waals surface area (Å²) in [6.07, 6.45) is 0. The normalized spacial score (nSPS) is 11.3. The Morgan fingerprint density at radius 3 is 2.43 bits per heavy atom. The lowest BCUT2D eigenvalue weighted by Crippen LogP contribution is -2.19. The van der Waals surface area contributed by atoms with Crippen molar-refractivity contribution in [2.24, 2.45) is 5.10 Å². The summed E-state index contributed by atoms with van der Waals surface area (Å²) in [5.74, 6) is -0.250. The largest absolute Gasteiger partial charge is 0.399 e. The second kappa shape index (κ2) is 6.22. The van der Waals surface area contributed by atoms with Gasteiger partial charge in [0.1, 0.15) is 0 Å². The van der Waals surface area contributed by atoms with Gasteiger partial charge in [-0.15, -0.1) is 0 Å². The molecule has 3 N–H and O–H groups in total. The Labute approximate surface area is 124 Å². The first kappa shape index (κ1) is 14.8. The van der Waals surface area contributed by atoms with Crippen LogP contribution in [0.15, 0.2) is 47.6 Å². The summed E-state index contributed by atoms with van der Waals surface area (Å²) in [6.45, 7) is 5.93. The Balaban J connectivity index is 2.14. The number of aryl methyl sites for hydroxylation is 2. The number of hydrogen-bond donors (Lipinski definition) is 2. The molecule has 4 heteroatoms. The standard InChI is InChI=1S/C17H19N3O/c1-11-4-5-12(2)16(10-11)13(3)19-20-17(21)14-6-8-15(18)9-7-14/h4-10H,18H2,1-3H3,(H,20,21)/b19-13-. The monoisotopic (exact) mass is 281 g/mol. The Kier molecular flexibility index (Phi) is 4.38. The first-order chi connectivity index (χ1) is 9.97. The van der Waals surface area contributed by atoms with Crippen molar-refractivity contribution in [2.75, 3.05) is 5.73 Å². The molecule has 0 unspecified atom stereocenters. The van der Waals surface area contributed by atoms with E-state index in [0.717, 1.165) is 22.4 Å². The lowest BCUT2D eigenvalue weighted by molar-refractivity contribution is 0.0955. The molecule has 2 aromatic carbocycles. The van der Waals surface area contributed by atoms with Crippen LogP contribution >= 0.6 is 0 Å². The van der Waals surface area contributed by atoms with E-state index in [0.29, 0.717) is 11.3 Å². The molecule has 0 bridgehead atoms. The van der Waals surface area contributed by atoms with Crippen molar-refractivity contribution in [3.05, 3.63) is 64.7 Å². The second-order valence-corrected chi connectivity index (χ2v) is 5.08. The molecule has 0 fully saturated rings. The van der Waals surface area contributed by atoms with Gasteiger partial charge in [-0.25, -0.2) is 5.43 Å². The van der Waals surface area contributed by atoms with Gasteiger partial charge in [-0.3, -0.25) is 4.79 Å². The number of carbonyl (C=O) groups is 1. The fourth-order valence-corrected chi connectivity index (χ4v) is 2.02. The summed E-state index contributed by atoms with van der Waals surface area (Å²) in [5, 5.41) is 4.18. The van der Waals surface area contributed by atoms with Crippen molar-refractivity contribution in [3.63, 3.8) is 0 Å². The highest BCUT2D eigenvalue weighted by atomic mass is 16.2. The summed E-state index contributed by atoms with van der Waals surface area (Å²) in [6, 6.07) is 12.9. The van der Waals surface area contributed by atoms with Crippen LogP contribution in [0.4, 0.5) is 5.69 Å². The summed E-state index contributed by atoms with van der Waals surface area (Å²) in [7, 11) is 0. The van der Waals surface area contributed by atoms with Crippen molar-refractivity contribution in [1.29, 1.82) is 0 Å². The zero-order chi connectivity index (χ0) is 15.4. The number of benzene rings is 2. The maximum absolute atomic E-state index is 12.0. The van der Waals surface area contributed by atoms with E-state index in [2.05, 4.69) is 22.7 Å². The molecule has 2 rings (SSSR count). The SMILES string of the molecule is C/C(=N/NC(=O)c1ccc(N)cc1)c1cc(C)ccc1C. The second-order valence-electron chi connectivity index (χ2n) is 5.08. The molecule has 0 heterocycles. The third kappa shape index (κ3) is 3.69. The smallest absolute Gasteiger partial charge is 0.271 e. The predicted molar refractivity (Wildman–Crippen MR) is 86.4 cm³/mol. The zero-order valence-corrected chi connectivity index (χ0v) is 12.5. The van der Waals surface area contributed by atoms with Gasteiger partial charge >= 0.3 is 0 Å². The Bertz CT molecular complexity index is 688. The first-order valence-electron chi connectivity index (χ1n) is 6.75. The molecule has 0 radical (unpaired) electrons. The highest BCUT2D eigenvalue weighted by molar-refractivity contribution is 6.02. The van der Waals surface area contributed by atoms with Gasteiger partial charge in [0.05, 0.1) is 5.71 Å². The third-order valence-electron chi connectivity index (χ3n) is 3.28.